The van der Waals surface area contributed by atoms with Crippen LogP contribution in [0.5, 0.6) is 11.5 Å². The van der Waals surface area contributed by atoms with Gasteiger partial charge in [-0.15, -0.1) is 17.9 Å². The molecule has 2 aliphatic rings. The van der Waals surface area contributed by atoms with Gasteiger partial charge in [0.25, 0.3) is 5.91 Å². The number of methoxy groups -OCH3 is 1. The molecule has 0 bridgehead atoms. The zero-order valence-electron chi connectivity index (χ0n) is 28.7. The first kappa shape index (κ1) is 36.0. The van der Waals surface area contributed by atoms with E-state index in [1.807, 2.05) is 0 Å². The number of hydrogen-bond donors (Lipinski definition) is 4. The van der Waals surface area contributed by atoms with E-state index in [9.17, 15) is 29.1 Å². The first-order chi connectivity index (χ1) is 23.6. The van der Waals surface area contributed by atoms with Crippen LogP contribution in [0.25, 0.3) is 22.3 Å². The van der Waals surface area contributed by atoms with Gasteiger partial charge in [-0.05, 0) is 24.0 Å². The van der Waals surface area contributed by atoms with Gasteiger partial charge in [-0.25, -0.2) is 14.8 Å². The van der Waals surface area contributed by atoms with E-state index in [1.165, 1.54) is 50.4 Å². The molecule has 16 heteroatoms. The van der Waals surface area contributed by atoms with Crippen LogP contribution in [0.1, 0.15) is 40.5 Å². The number of fused-ring (bicyclic) bond motifs is 1. The topological polar surface area (TPSA) is 189 Å². The van der Waals surface area contributed by atoms with Crippen molar-refractivity contribution in [2.75, 3.05) is 19.0 Å². The first-order valence-corrected chi connectivity index (χ1v) is 16.8. The second-order valence-corrected chi connectivity index (χ2v) is 14.1. The lowest BCUT2D eigenvalue weighted by molar-refractivity contribution is -0.145. The molecule has 2 aromatic heterocycles. The van der Waals surface area contributed by atoms with E-state index < -0.39 is 52.7 Å². The zero-order valence-corrected chi connectivity index (χ0v) is 29.5. The third kappa shape index (κ3) is 7.34. The number of ether oxygens (including phenoxy) is 2. The molecule has 0 radical (unpaired) electrons. The molecule has 3 heterocycles. The smallest absolute Gasteiger partial charge is 0.330 e. The molecule has 0 spiro atoms. The number of carboxylic acids is 1. The fourth-order valence-corrected chi connectivity index (χ4v) is 6.69. The van der Waals surface area contributed by atoms with E-state index in [0.29, 0.717) is 38.9 Å². The van der Waals surface area contributed by atoms with Crippen molar-refractivity contribution in [1.82, 2.24) is 25.4 Å². The van der Waals surface area contributed by atoms with Crippen molar-refractivity contribution in [1.29, 1.82) is 0 Å². The molecule has 1 unspecified atom stereocenters. The van der Waals surface area contributed by atoms with Gasteiger partial charge >= 0.3 is 5.97 Å². The number of carbonyl (C=O) groups excluding carboxylic acids is 4. The predicted octanol–water partition coefficient (Wildman–Crippen LogP) is 2.46. The van der Waals surface area contributed by atoms with Gasteiger partial charge < -0.3 is 35.3 Å². The highest BCUT2D eigenvalue weighted by atomic mass is 32.1. The van der Waals surface area contributed by atoms with Crippen LogP contribution in [-0.4, -0.2) is 88.9 Å². The van der Waals surface area contributed by atoms with Crippen LogP contribution in [-0.2, 0) is 24.0 Å². The summed E-state index contributed by atoms with van der Waals surface area (Å²) in [5, 5.41) is 20.6. The van der Waals surface area contributed by atoms with Gasteiger partial charge in [-0.3, -0.25) is 19.2 Å². The van der Waals surface area contributed by atoms with E-state index in [0.717, 1.165) is 0 Å². The Hall–Kier alpha value is -5.25. The Morgan fingerprint density at radius 3 is 2.50 bits per heavy atom. The quantitative estimate of drug-likeness (QED) is 0.131. The normalized spacial score (nSPS) is 21.7. The molecule has 5 rings (SSSR count). The summed E-state index contributed by atoms with van der Waals surface area (Å²) < 4.78 is 12.0. The molecule has 262 valence electrons. The average Bonchev–Trinajstić information content (AvgIpc) is 3.35. The summed E-state index contributed by atoms with van der Waals surface area (Å²) in [6.07, 6.45) is 2.19. The van der Waals surface area contributed by atoms with Crippen LogP contribution in [0, 0.1) is 11.3 Å². The van der Waals surface area contributed by atoms with E-state index in [1.54, 1.807) is 50.4 Å². The molecule has 2 fully saturated rings. The summed E-state index contributed by atoms with van der Waals surface area (Å²) in [4.78, 5) is 75.0. The van der Waals surface area contributed by atoms with Crippen molar-refractivity contribution in [3.8, 4) is 22.9 Å². The minimum Gasteiger partial charge on any atom is -0.497 e. The van der Waals surface area contributed by atoms with Crippen LogP contribution >= 0.6 is 11.3 Å². The van der Waals surface area contributed by atoms with Gasteiger partial charge in [0.1, 0.15) is 34.9 Å². The highest BCUT2D eigenvalue weighted by Gasteiger charge is 2.61. The summed E-state index contributed by atoms with van der Waals surface area (Å²) in [5.74, 6) is -2.65. The third-order valence-electron chi connectivity index (χ3n) is 8.74. The van der Waals surface area contributed by atoms with Gasteiger partial charge in [-0.1, -0.05) is 26.8 Å². The molecule has 4 amide bonds. The standard InChI is InChI=1S/C34H39BN6O8S/c1-7-18-14-34(18,31(46)47)39-29(44)26-11-20(15-41(26)30(45)22(33(3,4)5)12-28(43)40-35)49-27-13-24(25-16-50-32(38-25)36-17(2)42)37-23-10-19(48-6)8-9-21(23)27/h7-10,12-13,16,18,20,26H,1,11,14-15,35H2,2-6H3,(H,39,44)(H,40,43)(H,46,47)(H,36,38,42)/t18?,20-,26+,34-/m1/s1. The van der Waals surface area contributed by atoms with Crippen LogP contribution < -0.4 is 25.3 Å². The number of nitrogens with one attached hydrogen (secondary N) is 3. The largest absolute Gasteiger partial charge is 0.497 e. The molecule has 3 aromatic rings. The highest BCUT2D eigenvalue weighted by Crippen LogP contribution is 2.45. The number of aliphatic carboxylic acids is 1. The number of carbonyl (C=O) groups is 5. The fourth-order valence-electron chi connectivity index (χ4n) is 5.94. The number of anilines is 1. The highest BCUT2D eigenvalue weighted by molar-refractivity contribution is 7.14. The molecule has 1 aliphatic carbocycles. The summed E-state index contributed by atoms with van der Waals surface area (Å²) in [7, 11) is 2.99. The maximum atomic E-state index is 14.2. The van der Waals surface area contributed by atoms with Gasteiger partial charge in [0, 0.05) is 53.8 Å². The summed E-state index contributed by atoms with van der Waals surface area (Å²) in [6.45, 7) is 10.4. The molecule has 1 aliphatic heterocycles. The Balaban J connectivity index is 1.53. The molecule has 1 saturated heterocycles. The van der Waals surface area contributed by atoms with Crippen LogP contribution in [0.3, 0.4) is 0 Å². The van der Waals surface area contributed by atoms with Crippen molar-refractivity contribution >= 4 is 65.0 Å². The Kier molecular flexibility index (Phi) is 10.0. The lowest BCUT2D eigenvalue weighted by Gasteiger charge is -2.30. The lowest BCUT2D eigenvalue weighted by atomic mass is 9.85. The zero-order chi connectivity index (χ0) is 36.5. The van der Waals surface area contributed by atoms with Gasteiger partial charge in [0.05, 0.1) is 24.9 Å². The van der Waals surface area contributed by atoms with Gasteiger partial charge in [0.15, 0.2) is 5.13 Å². The molecular weight excluding hydrogens is 663 g/mol. The average molecular weight is 703 g/mol. The number of thiazole rings is 1. The molecule has 1 aromatic carbocycles. The maximum absolute atomic E-state index is 14.2. The number of nitrogens with zero attached hydrogens (tertiary/aromatic N) is 3. The number of pyridine rings is 1. The Morgan fingerprint density at radius 2 is 1.90 bits per heavy atom. The number of aromatic nitrogens is 2. The molecular formula is C34H39BN6O8S. The van der Waals surface area contributed by atoms with Crippen molar-refractivity contribution in [2.45, 2.75) is 58.2 Å². The maximum Gasteiger partial charge on any atom is 0.330 e. The second-order valence-electron chi connectivity index (χ2n) is 13.3. The molecule has 4 N–H and O–H groups in total. The fraction of sp³-hybridized carbons (Fsp3) is 0.382. The Morgan fingerprint density at radius 1 is 1.16 bits per heavy atom. The molecule has 4 atom stereocenters. The predicted molar refractivity (Wildman–Crippen MR) is 189 cm³/mol. The number of hydrogen-bond acceptors (Lipinski definition) is 10. The van der Waals surface area contributed by atoms with Crippen molar-refractivity contribution in [2.24, 2.45) is 11.3 Å². The molecule has 1 saturated carbocycles. The van der Waals surface area contributed by atoms with Crippen molar-refractivity contribution in [3.63, 3.8) is 0 Å². The molecule has 14 nitrogen and oxygen atoms in total. The van der Waals surface area contributed by atoms with Crippen molar-refractivity contribution in [3.05, 3.63) is 53.9 Å². The number of benzene rings is 1. The van der Waals surface area contributed by atoms with Crippen LogP contribution in [0.15, 0.2) is 53.9 Å². The first-order valence-electron chi connectivity index (χ1n) is 15.9. The summed E-state index contributed by atoms with van der Waals surface area (Å²) in [5.41, 5.74) is -0.665. The van der Waals surface area contributed by atoms with Crippen molar-refractivity contribution < 1.29 is 38.6 Å². The SMILES string of the molecule is BNC(=O)C=C(C(=O)N1C[C@H](Oc2cc(-c3csc(NC(C)=O)n3)nc3cc(OC)ccc23)C[C@H]1C(=O)N[C@]1(C(=O)O)CC1C=C)C(C)(C)C. The van der Waals surface area contributed by atoms with Gasteiger partial charge in [0.2, 0.25) is 25.7 Å². The van der Waals surface area contributed by atoms with Crippen LogP contribution in [0.4, 0.5) is 5.13 Å². The number of rotatable bonds is 11. The number of likely N-dealkylation sites (tertiary alicyclic amines) is 1. The van der Waals surface area contributed by atoms with E-state index in [-0.39, 0.29) is 30.9 Å². The second kappa shape index (κ2) is 13.9. The third-order valence-corrected chi connectivity index (χ3v) is 9.49. The Bertz CT molecular complexity index is 1920. The molecule has 50 heavy (non-hydrogen) atoms. The number of amides is 4. The Labute approximate surface area is 293 Å². The summed E-state index contributed by atoms with van der Waals surface area (Å²) >= 11 is 1.24. The minimum absolute atomic E-state index is 0.0299. The summed E-state index contributed by atoms with van der Waals surface area (Å²) in [6, 6.07) is 5.87. The van der Waals surface area contributed by atoms with E-state index >= 15 is 0 Å². The number of carboxylic acid groups (broad SMARTS) is 1. The lowest BCUT2D eigenvalue weighted by Crippen LogP contribution is -2.53. The van der Waals surface area contributed by atoms with E-state index in [2.05, 4.69) is 27.4 Å². The van der Waals surface area contributed by atoms with Crippen LogP contribution in [0.2, 0.25) is 0 Å². The van der Waals surface area contributed by atoms with Gasteiger partial charge in [-0.2, -0.15) is 0 Å². The minimum atomic E-state index is -1.52. The van der Waals surface area contributed by atoms with E-state index in [4.69, 9.17) is 14.5 Å². The monoisotopic (exact) mass is 702 g/mol.